The highest BCUT2D eigenvalue weighted by Gasteiger charge is 2.14. The molecule has 0 saturated heterocycles. The summed E-state index contributed by atoms with van der Waals surface area (Å²) in [6, 6.07) is 1.31. The molecule has 0 unspecified atom stereocenters. The average molecular weight is 331 g/mol. The molecule has 1 rings (SSSR count). The fourth-order valence-electron chi connectivity index (χ4n) is 0.978. The zero-order chi connectivity index (χ0) is 10.7. The predicted molar refractivity (Wildman–Crippen MR) is 55.4 cm³/mol. The summed E-state index contributed by atoms with van der Waals surface area (Å²) in [6.45, 7) is -0.360. The van der Waals surface area contributed by atoms with Gasteiger partial charge in [0, 0.05) is 9.80 Å². The van der Waals surface area contributed by atoms with Gasteiger partial charge in [-0.05, 0) is 27.6 Å². The number of halogens is 4. The third-order valence-electron chi connectivity index (χ3n) is 1.64. The molecule has 2 nitrogen and oxygen atoms in total. The van der Waals surface area contributed by atoms with Gasteiger partial charge in [-0.1, -0.05) is 15.9 Å². The fourth-order valence-corrected chi connectivity index (χ4v) is 2.27. The van der Waals surface area contributed by atoms with Crippen molar-refractivity contribution in [2.24, 2.45) is 0 Å². The van der Waals surface area contributed by atoms with Crippen molar-refractivity contribution in [1.82, 2.24) is 4.98 Å². The first-order chi connectivity index (χ1) is 6.60. The maximum absolute atomic E-state index is 12.4. The van der Waals surface area contributed by atoms with E-state index in [1.165, 1.54) is 6.07 Å². The van der Waals surface area contributed by atoms with Crippen LogP contribution in [-0.4, -0.2) is 10.1 Å². The predicted octanol–water partition coefficient (Wildman–Crippen LogP) is 3.17. The summed E-state index contributed by atoms with van der Waals surface area (Å²) in [5.41, 5.74) is 0.573. The van der Waals surface area contributed by atoms with Crippen molar-refractivity contribution < 1.29 is 13.9 Å². The van der Waals surface area contributed by atoms with Crippen LogP contribution in [0.3, 0.4) is 0 Å². The van der Waals surface area contributed by atoms with Gasteiger partial charge in [-0.3, -0.25) is 0 Å². The number of aromatic nitrogens is 1. The topological polar surface area (TPSA) is 33.1 Å². The van der Waals surface area contributed by atoms with Crippen molar-refractivity contribution in [1.29, 1.82) is 0 Å². The Hall–Kier alpha value is -0.0700. The third-order valence-corrected chi connectivity index (χ3v) is 3.21. The van der Waals surface area contributed by atoms with E-state index < -0.39 is 6.43 Å². The number of pyridine rings is 1. The normalized spacial score (nSPS) is 11.0. The molecule has 0 saturated carbocycles. The average Bonchev–Trinajstić information content (AvgIpc) is 2.17. The molecule has 1 N–H and O–H groups in total. The molecule has 1 aromatic heterocycles. The van der Waals surface area contributed by atoms with Crippen LogP contribution >= 0.6 is 31.9 Å². The maximum atomic E-state index is 12.4. The van der Waals surface area contributed by atoms with Gasteiger partial charge in [-0.2, -0.15) is 0 Å². The van der Waals surface area contributed by atoms with Gasteiger partial charge in [-0.15, -0.1) is 0 Å². The van der Waals surface area contributed by atoms with Gasteiger partial charge in [0.15, 0.2) is 0 Å². The van der Waals surface area contributed by atoms with Gasteiger partial charge in [0.25, 0.3) is 6.43 Å². The Bertz CT molecular complexity index is 308. The van der Waals surface area contributed by atoms with E-state index in [1.54, 1.807) is 0 Å². The zero-order valence-electron chi connectivity index (χ0n) is 6.98. The van der Waals surface area contributed by atoms with Crippen LogP contribution in [0.5, 0.6) is 0 Å². The molecule has 0 aliphatic rings. The maximum Gasteiger partial charge on any atom is 0.280 e. The molecule has 0 atom stereocenters. The van der Waals surface area contributed by atoms with Crippen LogP contribution < -0.4 is 0 Å². The smallest absolute Gasteiger partial charge is 0.280 e. The van der Waals surface area contributed by atoms with E-state index in [0.717, 1.165) is 0 Å². The Morgan fingerprint density at radius 3 is 2.57 bits per heavy atom. The first-order valence-corrected chi connectivity index (χ1v) is 5.64. The van der Waals surface area contributed by atoms with Gasteiger partial charge in [-0.25, -0.2) is 13.8 Å². The Balaban J connectivity index is 3.25. The minimum atomic E-state index is -2.62. The molecule has 1 heterocycles. The second kappa shape index (κ2) is 5.14. The summed E-state index contributed by atoms with van der Waals surface area (Å²) in [5.74, 6) is 0. The minimum Gasteiger partial charge on any atom is -0.390 e. The first kappa shape index (κ1) is 12.0. The van der Waals surface area contributed by atoms with Gasteiger partial charge in [0.05, 0.1) is 12.3 Å². The van der Waals surface area contributed by atoms with Gasteiger partial charge >= 0.3 is 0 Å². The van der Waals surface area contributed by atoms with Crippen LogP contribution in [0.1, 0.15) is 23.4 Å². The lowest BCUT2D eigenvalue weighted by Gasteiger charge is -2.08. The Labute approximate surface area is 96.6 Å². The van der Waals surface area contributed by atoms with Crippen molar-refractivity contribution in [2.75, 3.05) is 0 Å². The summed E-state index contributed by atoms with van der Waals surface area (Å²) in [5, 5.41) is 9.33. The monoisotopic (exact) mass is 329 g/mol. The van der Waals surface area contributed by atoms with E-state index >= 15 is 0 Å². The lowest BCUT2D eigenvalue weighted by molar-refractivity contribution is 0.145. The number of nitrogens with zero attached hydrogens (tertiary/aromatic N) is 1. The van der Waals surface area contributed by atoms with E-state index in [2.05, 4.69) is 36.8 Å². The number of rotatable bonds is 3. The highest BCUT2D eigenvalue weighted by Crippen LogP contribution is 2.27. The van der Waals surface area contributed by atoms with E-state index in [9.17, 15) is 8.78 Å². The van der Waals surface area contributed by atoms with Crippen molar-refractivity contribution >= 4 is 31.9 Å². The third kappa shape index (κ3) is 2.49. The minimum absolute atomic E-state index is 0.234. The molecule has 0 aromatic carbocycles. The second-order valence-corrected chi connectivity index (χ2v) is 3.91. The standard InChI is InChI=1S/C8H7Br2F2NO/c9-2-4-1-5(8(11)12)13-6(3-14)7(4)10/h1,8,14H,2-3H2. The summed E-state index contributed by atoms with van der Waals surface area (Å²) in [6.07, 6.45) is -2.62. The molecule has 0 radical (unpaired) electrons. The SMILES string of the molecule is OCc1nc(C(F)F)cc(CBr)c1Br. The molecular weight excluding hydrogens is 324 g/mol. The number of aliphatic hydroxyl groups is 1. The number of hydrogen-bond donors (Lipinski definition) is 1. The Kier molecular flexibility index (Phi) is 4.40. The summed E-state index contributed by atoms with van der Waals surface area (Å²) in [4.78, 5) is 3.63. The summed E-state index contributed by atoms with van der Waals surface area (Å²) >= 11 is 6.36. The lowest BCUT2D eigenvalue weighted by atomic mass is 10.2. The number of alkyl halides is 3. The number of aliphatic hydroxyl groups excluding tert-OH is 1. The molecule has 0 spiro atoms. The van der Waals surface area contributed by atoms with Crippen LogP contribution in [0.2, 0.25) is 0 Å². The molecule has 14 heavy (non-hydrogen) atoms. The molecule has 0 amide bonds. The molecular formula is C8H7Br2F2NO. The molecule has 0 bridgehead atoms. The van der Waals surface area contributed by atoms with Crippen LogP contribution in [-0.2, 0) is 11.9 Å². The van der Waals surface area contributed by atoms with Crippen molar-refractivity contribution in [3.8, 4) is 0 Å². The highest BCUT2D eigenvalue weighted by molar-refractivity contribution is 9.10. The van der Waals surface area contributed by atoms with Crippen LogP contribution in [0.4, 0.5) is 8.78 Å². The van der Waals surface area contributed by atoms with Gasteiger partial charge in [0.1, 0.15) is 5.69 Å². The fraction of sp³-hybridized carbons (Fsp3) is 0.375. The molecule has 0 fully saturated rings. The van der Waals surface area contributed by atoms with Crippen molar-refractivity contribution in [3.05, 3.63) is 27.5 Å². The molecule has 0 aliphatic heterocycles. The first-order valence-electron chi connectivity index (χ1n) is 3.73. The van der Waals surface area contributed by atoms with E-state index in [4.69, 9.17) is 5.11 Å². The van der Waals surface area contributed by atoms with Crippen molar-refractivity contribution in [2.45, 2.75) is 18.4 Å². The quantitative estimate of drug-likeness (QED) is 0.863. The molecule has 6 heteroatoms. The van der Waals surface area contributed by atoms with Crippen LogP contribution in [0.25, 0.3) is 0 Å². The Morgan fingerprint density at radius 2 is 2.14 bits per heavy atom. The number of hydrogen-bond acceptors (Lipinski definition) is 2. The molecule has 0 aliphatic carbocycles. The summed E-state index contributed by atoms with van der Waals surface area (Å²) in [7, 11) is 0. The highest BCUT2D eigenvalue weighted by atomic mass is 79.9. The van der Waals surface area contributed by atoms with Gasteiger partial charge < -0.3 is 5.11 Å². The van der Waals surface area contributed by atoms with E-state index in [-0.39, 0.29) is 18.0 Å². The lowest BCUT2D eigenvalue weighted by Crippen LogP contribution is -2.00. The molecule has 78 valence electrons. The van der Waals surface area contributed by atoms with E-state index in [0.29, 0.717) is 15.4 Å². The largest absolute Gasteiger partial charge is 0.390 e. The second-order valence-electron chi connectivity index (χ2n) is 2.56. The van der Waals surface area contributed by atoms with Crippen LogP contribution in [0.15, 0.2) is 10.5 Å². The van der Waals surface area contributed by atoms with Crippen molar-refractivity contribution in [3.63, 3.8) is 0 Å². The zero-order valence-corrected chi connectivity index (χ0v) is 10.1. The molecule has 1 aromatic rings. The Morgan fingerprint density at radius 1 is 1.50 bits per heavy atom. The van der Waals surface area contributed by atoms with E-state index in [1.807, 2.05) is 0 Å². The van der Waals surface area contributed by atoms with Crippen LogP contribution in [0, 0.1) is 0 Å². The van der Waals surface area contributed by atoms with Gasteiger partial charge in [0.2, 0.25) is 0 Å². The summed E-state index contributed by atoms with van der Waals surface area (Å²) < 4.78 is 25.3.